The van der Waals surface area contributed by atoms with Crippen molar-refractivity contribution in [3.8, 4) is 0 Å². The van der Waals surface area contributed by atoms with Crippen LogP contribution in [-0.2, 0) is 28.9 Å². The summed E-state index contributed by atoms with van der Waals surface area (Å²) in [4.78, 5) is 25.5. The molecule has 6 nitrogen and oxygen atoms in total. The molecule has 0 unspecified atom stereocenters. The lowest BCUT2D eigenvalue weighted by molar-refractivity contribution is -0.137. The van der Waals surface area contributed by atoms with Gasteiger partial charge in [-0.05, 0) is 44.9 Å². The molecule has 26 heavy (non-hydrogen) atoms. The van der Waals surface area contributed by atoms with Crippen molar-refractivity contribution in [1.82, 2.24) is 9.47 Å². The molecule has 3 rings (SSSR count). The Morgan fingerprint density at radius 1 is 1.23 bits per heavy atom. The van der Waals surface area contributed by atoms with Gasteiger partial charge in [-0.15, -0.1) is 0 Å². The van der Waals surface area contributed by atoms with Crippen molar-refractivity contribution in [2.45, 2.75) is 45.8 Å². The Hall–Kier alpha value is -2.02. The number of rotatable bonds is 2. The maximum atomic E-state index is 12.4. The molecule has 1 aromatic heterocycles. The molecular weight excluding hydrogens is 400 g/mol. The summed E-state index contributed by atoms with van der Waals surface area (Å²) in [5.74, 6) is -0.877. The van der Waals surface area contributed by atoms with Crippen LogP contribution in [0.15, 0.2) is 22.7 Å². The molecule has 0 spiro atoms. The van der Waals surface area contributed by atoms with E-state index >= 15 is 0 Å². The first-order valence-corrected chi connectivity index (χ1v) is 9.45. The van der Waals surface area contributed by atoms with Crippen LogP contribution in [0.3, 0.4) is 0 Å². The molecule has 0 fully saturated rings. The Morgan fingerprint density at radius 3 is 2.58 bits per heavy atom. The second-order valence-electron chi connectivity index (χ2n) is 7.51. The number of aromatic nitrogens is 1. The number of nitrogens with zero attached hydrogens (tertiary/aromatic N) is 2. The third kappa shape index (κ3) is 3.72. The Bertz CT molecular complexity index is 867. The first-order valence-electron chi connectivity index (χ1n) is 8.65. The van der Waals surface area contributed by atoms with E-state index in [0.29, 0.717) is 25.9 Å². The lowest BCUT2D eigenvalue weighted by Crippen LogP contribution is -2.38. The number of benzene rings is 1. The SMILES string of the molecule is CC(C)(C)OC(=O)N1CCc2c(n(CC(=O)O)c3cccc(Br)c23)CC1. The average Bonchev–Trinajstić information content (AvgIpc) is 2.67. The van der Waals surface area contributed by atoms with Crippen LogP contribution < -0.4 is 0 Å². The maximum Gasteiger partial charge on any atom is 0.410 e. The Morgan fingerprint density at radius 2 is 1.92 bits per heavy atom. The van der Waals surface area contributed by atoms with E-state index in [1.54, 1.807) is 4.90 Å². The first-order chi connectivity index (χ1) is 12.2. The topological polar surface area (TPSA) is 71.8 Å². The van der Waals surface area contributed by atoms with Crippen LogP contribution >= 0.6 is 15.9 Å². The van der Waals surface area contributed by atoms with Gasteiger partial charge in [-0.3, -0.25) is 4.79 Å². The largest absolute Gasteiger partial charge is 0.480 e. The van der Waals surface area contributed by atoms with Gasteiger partial charge in [0.25, 0.3) is 0 Å². The molecule has 2 aromatic rings. The number of carboxylic acid groups (broad SMARTS) is 1. The van der Waals surface area contributed by atoms with E-state index in [1.165, 1.54) is 0 Å². The zero-order chi connectivity index (χ0) is 19.1. The monoisotopic (exact) mass is 422 g/mol. The number of hydrogen-bond acceptors (Lipinski definition) is 3. The predicted molar refractivity (Wildman–Crippen MR) is 102 cm³/mol. The van der Waals surface area contributed by atoms with Gasteiger partial charge in [-0.2, -0.15) is 0 Å². The molecule has 0 saturated heterocycles. The van der Waals surface area contributed by atoms with Gasteiger partial charge < -0.3 is 19.3 Å². The fourth-order valence-corrected chi connectivity index (χ4v) is 4.06. The van der Waals surface area contributed by atoms with Gasteiger partial charge in [0, 0.05) is 35.1 Å². The summed E-state index contributed by atoms with van der Waals surface area (Å²) in [7, 11) is 0. The summed E-state index contributed by atoms with van der Waals surface area (Å²) >= 11 is 3.60. The minimum Gasteiger partial charge on any atom is -0.480 e. The van der Waals surface area contributed by atoms with Gasteiger partial charge in [0.15, 0.2) is 0 Å². The number of fused-ring (bicyclic) bond motifs is 3. The Kier molecular flexibility index (Phi) is 5.01. The first kappa shape index (κ1) is 18.8. The van der Waals surface area contributed by atoms with Crippen molar-refractivity contribution in [2.24, 2.45) is 0 Å². The lowest BCUT2D eigenvalue weighted by Gasteiger charge is -2.26. The molecule has 1 aromatic carbocycles. The summed E-state index contributed by atoms with van der Waals surface area (Å²) in [6.45, 7) is 6.52. The van der Waals surface area contributed by atoms with Crippen LogP contribution in [0.4, 0.5) is 4.79 Å². The van der Waals surface area contributed by atoms with Crippen LogP contribution in [0, 0.1) is 0 Å². The van der Waals surface area contributed by atoms with Crippen molar-refractivity contribution >= 4 is 38.9 Å². The van der Waals surface area contributed by atoms with E-state index < -0.39 is 11.6 Å². The highest BCUT2D eigenvalue weighted by Gasteiger charge is 2.28. The summed E-state index contributed by atoms with van der Waals surface area (Å²) in [6.07, 6.45) is 0.944. The zero-order valence-electron chi connectivity index (χ0n) is 15.2. The maximum absolute atomic E-state index is 12.4. The Labute approximate surface area is 160 Å². The summed E-state index contributed by atoms with van der Waals surface area (Å²) in [6, 6.07) is 5.82. The van der Waals surface area contributed by atoms with Crippen LogP contribution in [0.25, 0.3) is 10.9 Å². The van der Waals surface area contributed by atoms with Crippen molar-refractivity contribution in [3.05, 3.63) is 33.9 Å². The van der Waals surface area contributed by atoms with Gasteiger partial charge in [0.1, 0.15) is 12.1 Å². The molecule has 1 N–H and O–H groups in total. The molecule has 0 aliphatic carbocycles. The van der Waals surface area contributed by atoms with Gasteiger partial charge >= 0.3 is 12.1 Å². The van der Waals surface area contributed by atoms with Crippen molar-refractivity contribution < 1.29 is 19.4 Å². The van der Waals surface area contributed by atoms with E-state index in [-0.39, 0.29) is 12.6 Å². The quantitative estimate of drug-likeness (QED) is 0.797. The fourth-order valence-electron chi connectivity index (χ4n) is 3.47. The Balaban J connectivity index is 1.97. The second-order valence-corrected chi connectivity index (χ2v) is 8.36. The third-order valence-electron chi connectivity index (χ3n) is 4.45. The molecule has 1 amide bonds. The van der Waals surface area contributed by atoms with E-state index in [0.717, 1.165) is 26.6 Å². The molecule has 0 saturated carbocycles. The number of ether oxygens (including phenoxy) is 1. The molecule has 1 aliphatic heterocycles. The number of halogens is 1. The van der Waals surface area contributed by atoms with E-state index in [1.807, 2.05) is 43.5 Å². The normalized spacial score (nSPS) is 14.8. The highest BCUT2D eigenvalue weighted by atomic mass is 79.9. The van der Waals surface area contributed by atoms with Crippen molar-refractivity contribution in [2.75, 3.05) is 13.1 Å². The number of hydrogen-bond donors (Lipinski definition) is 1. The summed E-state index contributed by atoms with van der Waals surface area (Å²) in [5.41, 5.74) is 2.47. The fraction of sp³-hybridized carbons (Fsp3) is 0.474. The minimum atomic E-state index is -0.877. The number of carboxylic acids is 1. The molecular formula is C19H23BrN2O4. The van der Waals surface area contributed by atoms with Crippen LogP contribution in [0.2, 0.25) is 0 Å². The molecule has 0 atom stereocenters. The molecule has 2 heterocycles. The standard InChI is InChI=1S/C19H23BrN2O4/c1-19(2,3)26-18(25)21-9-7-12-14(8-10-21)22(11-16(23)24)15-6-4-5-13(20)17(12)15/h4-6H,7-11H2,1-3H3,(H,23,24). The van der Waals surface area contributed by atoms with E-state index in [4.69, 9.17) is 4.74 Å². The van der Waals surface area contributed by atoms with Crippen molar-refractivity contribution in [3.63, 3.8) is 0 Å². The second kappa shape index (κ2) is 6.95. The zero-order valence-corrected chi connectivity index (χ0v) is 16.8. The van der Waals surface area contributed by atoms with Crippen LogP contribution in [0.1, 0.15) is 32.0 Å². The smallest absolute Gasteiger partial charge is 0.410 e. The molecule has 1 aliphatic rings. The number of carbonyl (C=O) groups excluding carboxylic acids is 1. The highest BCUT2D eigenvalue weighted by molar-refractivity contribution is 9.10. The number of carbonyl (C=O) groups is 2. The lowest BCUT2D eigenvalue weighted by atomic mass is 10.1. The number of aliphatic carboxylic acids is 1. The van der Waals surface area contributed by atoms with Gasteiger partial charge in [0.05, 0.1) is 5.52 Å². The highest BCUT2D eigenvalue weighted by Crippen LogP contribution is 2.34. The number of amides is 1. The minimum absolute atomic E-state index is 0.0886. The summed E-state index contributed by atoms with van der Waals surface area (Å²) < 4.78 is 8.29. The predicted octanol–water partition coefficient (Wildman–Crippen LogP) is 3.82. The average molecular weight is 423 g/mol. The third-order valence-corrected chi connectivity index (χ3v) is 5.11. The van der Waals surface area contributed by atoms with Crippen LogP contribution in [0.5, 0.6) is 0 Å². The van der Waals surface area contributed by atoms with Gasteiger partial charge in [-0.1, -0.05) is 22.0 Å². The van der Waals surface area contributed by atoms with Gasteiger partial charge in [-0.25, -0.2) is 4.79 Å². The molecule has 7 heteroatoms. The summed E-state index contributed by atoms with van der Waals surface area (Å²) in [5, 5.41) is 10.4. The molecule has 0 radical (unpaired) electrons. The van der Waals surface area contributed by atoms with E-state index in [2.05, 4.69) is 15.9 Å². The van der Waals surface area contributed by atoms with Crippen LogP contribution in [-0.4, -0.2) is 45.3 Å². The molecule has 0 bridgehead atoms. The van der Waals surface area contributed by atoms with Crippen molar-refractivity contribution in [1.29, 1.82) is 0 Å². The molecule has 140 valence electrons. The van der Waals surface area contributed by atoms with E-state index in [9.17, 15) is 14.7 Å². The van der Waals surface area contributed by atoms with Gasteiger partial charge in [0.2, 0.25) is 0 Å².